The van der Waals surface area contributed by atoms with E-state index in [9.17, 15) is 4.79 Å². The van der Waals surface area contributed by atoms with Crippen LogP contribution in [-0.4, -0.2) is 23.9 Å². The summed E-state index contributed by atoms with van der Waals surface area (Å²) in [6, 6.07) is 3.82. The van der Waals surface area contributed by atoms with E-state index in [4.69, 9.17) is 0 Å². The quantitative estimate of drug-likeness (QED) is 0.810. The summed E-state index contributed by atoms with van der Waals surface area (Å²) in [5.41, 5.74) is 1.52. The van der Waals surface area contributed by atoms with E-state index < -0.39 is 0 Å². The Morgan fingerprint density at radius 1 is 1.53 bits per heavy atom. The number of pyridine rings is 1. The van der Waals surface area contributed by atoms with Crippen molar-refractivity contribution >= 4 is 5.78 Å². The molecule has 0 radical (unpaired) electrons. The molecule has 3 heteroatoms. The van der Waals surface area contributed by atoms with Crippen molar-refractivity contribution < 1.29 is 4.79 Å². The fraction of sp³-hybridized carbons (Fsp3) is 0.571. The topological polar surface area (TPSA) is 42.0 Å². The molecule has 1 aromatic rings. The zero-order valence-corrected chi connectivity index (χ0v) is 10.6. The maximum Gasteiger partial charge on any atom is 0.171 e. The van der Waals surface area contributed by atoms with Crippen molar-refractivity contribution in [3.8, 4) is 0 Å². The van der Waals surface area contributed by atoms with Crippen molar-refractivity contribution in [3.63, 3.8) is 0 Å². The van der Waals surface area contributed by atoms with Gasteiger partial charge in [0.25, 0.3) is 0 Å². The number of hydrogen-bond donors (Lipinski definition) is 1. The van der Waals surface area contributed by atoms with Crippen molar-refractivity contribution in [1.29, 1.82) is 0 Å². The summed E-state index contributed by atoms with van der Waals surface area (Å²) in [5, 5.41) is 3.32. The van der Waals surface area contributed by atoms with E-state index in [1.165, 1.54) is 0 Å². The van der Waals surface area contributed by atoms with Gasteiger partial charge in [-0.05, 0) is 38.4 Å². The third kappa shape index (κ3) is 2.39. The summed E-state index contributed by atoms with van der Waals surface area (Å²) in [6.07, 6.45) is 4.68. The van der Waals surface area contributed by atoms with Crippen LogP contribution in [0.1, 0.15) is 42.2 Å². The van der Waals surface area contributed by atoms with E-state index in [2.05, 4.69) is 17.2 Å². The fourth-order valence-corrected chi connectivity index (χ4v) is 2.65. The number of nitrogens with zero attached hydrogens (tertiary/aromatic N) is 1. The Kier molecular flexibility index (Phi) is 3.57. The Morgan fingerprint density at radius 3 is 2.88 bits per heavy atom. The number of carbonyl (C=O) groups excluding carboxylic acids is 1. The second kappa shape index (κ2) is 4.96. The van der Waals surface area contributed by atoms with Gasteiger partial charge in [-0.25, -0.2) is 0 Å². The lowest BCUT2D eigenvalue weighted by Crippen LogP contribution is -2.33. The molecule has 1 fully saturated rings. The Balaban J connectivity index is 2.25. The number of carbonyl (C=O) groups is 1. The number of nitrogens with one attached hydrogen (secondary N) is 1. The molecular weight excluding hydrogens is 212 g/mol. The van der Waals surface area contributed by atoms with E-state index in [1.54, 1.807) is 6.20 Å². The molecular formula is C14H20N2O. The third-order valence-electron chi connectivity index (χ3n) is 3.63. The molecule has 1 aromatic heterocycles. The van der Waals surface area contributed by atoms with Crippen molar-refractivity contribution in [1.82, 2.24) is 10.3 Å². The number of aromatic nitrogens is 1. The molecule has 0 aromatic carbocycles. The highest BCUT2D eigenvalue weighted by atomic mass is 16.1. The first-order valence-electron chi connectivity index (χ1n) is 6.36. The summed E-state index contributed by atoms with van der Waals surface area (Å²) < 4.78 is 0. The SMILES string of the molecule is CCCC1(C(=O)c2ccc(C)nc2)CCNC1. The minimum atomic E-state index is -0.189. The van der Waals surface area contributed by atoms with Gasteiger partial charge in [0.1, 0.15) is 0 Å². The highest BCUT2D eigenvalue weighted by molar-refractivity contribution is 6.00. The standard InChI is InChI=1S/C14H20N2O/c1-3-6-14(7-8-15-10-14)13(17)12-5-4-11(2)16-9-12/h4-5,9,15H,3,6-8,10H2,1-2H3. The molecule has 1 atom stereocenters. The van der Waals surface area contributed by atoms with Gasteiger partial charge in [0.05, 0.1) is 0 Å². The van der Waals surface area contributed by atoms with Gasteiger partial charge in [-0.1, -0.05) is 13.3 Å². The van der Waals surface area contributed by atoms with Crippen LogP contribution < -0.4 is 5.32 Å². The van der Waals surface area contributed by atoms with Gasteiger partial charge in [-0.15, -0.1) is 0 Å². The average Bonchev–Trinajstić information content (AvgIpc) is 2.79. The summed E-state index contributed by atoms with van der Waals surface area (Å²) in [4.78, 5) is 16.8. The Labute approximate surface area is 103 Å². The highest BCUT2D eigenvalue weighted by Crippen LogP contribution is 2.34. The van der Waals surface area contributed by atoms with Gasteiger partial charge < -0.3 is 5.32 Å². The summed E-state index contributed by atoms with van der Waals surface area (Å²) in [5.74, 6) is 0.261. The lowest BCUT2D eigenvalue weighted by molar-refractivity contribution is 0.0801. The first kappa shape index (κ1) is 12.2. The van der Waals surface area contributed by atoms with Gasteiger partial charge in [-0.3, -0.25) is 9.78 Å². The van der Waals surface area contributed by atoms with Crippen LogP contribution in [0.25, 0.3) is 0 Å². The number of hydrogen-bond acceptors (Lipinski definition) is 3. The predicted molar refractivity (Wildman–Crippen MR) is 68.1 cm³/mol. The summed E-state index contributed by atoms with van der Waals surface area (Å²) >= 11 is 0. The van der Waals surface area contributed by atoms with Crippen molar-refractivity contribution in [2.75, 3.05) is 13.1 Å². The first-order chi connectivity index (χ1) is 8.18. The van der Waals surface area contributed by atoms with E-state index >= 15 is 0 Å². The Morgan fingerprint density at radius 2 is 2.35 bits per heavy atom. The van der Waals surface area contributed by atoms with E-state index in [0.717, 1.165) is 43.6 Å². The van der Waals surface area contributed by atoms with Crippen LogP contribution in [0.2, 0.25) is 0 Å². The minimum absolute atomic E-state index is 0.189. The van der Waals surface area contributed by atoms with Crippen LogP contribution in [0.4, 0.5) is 0 Å². The largest absolute Gasteiger partial charge is 0.316 e. The van der Waals surface area contributed by atoms with Crippen molar-refractivity contribution in [3.05, 3.63) is 29.6 Å². The third-order valence-corrected chi connectivity index (χ3v) is 3.63. The predicted octanol–water partition coefficient (Wildman–Crippen LogP) is 2.35. The summed E-state index contributed by atoms with van der Waals surface area (Å²) in [6.45, 7) is 5.84. The highest BCUT2D eigenvalue weighted by Gasteiger charge is 2.40. The second-order valence-corrected chi connectivity index (χ2v) is 4.97. The zero-order chi connectivity index (χ0) is 12.3. The van der Waals surface area contributed by atoms with Crippen molar-refractivity contribution in [2.24, 2.45) is 5.41 Å². The number of ketones is 1. The van der Waals surface area contributed by atoms with Crippen LogP contribution in [0.15, 0.2) is 18.3 Å². The summed E-state index contributed by atoms with van der Waals surface area (Å²) in [7, 11) is 0. The molecule has 2 rings (SSSR count). The molecule has 3 nitrogen and oxygen atoms in total. The Hall–Kier alpha value is -1.22. The molecule has 0 saturated carbocycles. The van der Waals surface area contributed by atoms with E-state index in [0.29, 0.717) is 0 Å². The molecule has 17 heavy (non-hydrogen) atoms. The lowest BCUT2D eigenvalue weighted by Gasteiger charge is -2.26. The Bertz CT molecular complexity index is 391. The molecule has 1 aliphatic rings. The molecule has 0 amide bonds. The van der Waals surface area contributed by atoms with E-state index in [-0.39, 0.29) is 11.2 Å². The number of rotatable bonds is 4. The van der Waals surface area contributed by atoms with Crippen LogP contribution in [0.3, 0.4) is 0 Å². The van der Waals surface area contributed by atoms with Gasteiger partial charge >= 0.3 is 0 Å². The zero-order valence-electron chi connectivity index (χ0n) is 10.6. The normalized spacial score (nSPS) is 23.9. The van der Waals surface area contributed by atoms with E-state index in [1.807, 2.05) is 19.1 Å². The molecule has 1 saturated heterocycles. The molecule has 0 bridgehead atoms. The van der Waals surface area contributed by atoms with Crippen molar-refractivity contribution in [2.45, 2.75) is 33.1 Å². The monoisotopic (exact) mass is 232 g/mol. The van der Waals surface area contributed by atoms with Crippen LogP contribution in [-0.2, 0) is 0 Å². The molecule has 0 aliphatic carbocycles. The molecule has 1 N–H and O–H groups in total. The molecule has 92 valence electrons. The fourth-order valence-electron chi connectivity index (χ4n) is 2.65. The molecule has 1 aliphatic heterocycles. The number of aryl methyl sites for hydroxylation is 1. The average molecular weight is 232 g/mol. The molecule has 2 heterocycles. The van der Waals surface area contributed by atoms with Crippen LogP contribution >= 0.6 is 0 Å². The minimum Gasteiger partial charge on any atom is -0.316 e. The second-order valence-electron chi connectivity index (χ2n) is 4.97. The van der Waals surface area contributed by atoms with Crippen LogP contribution in [0, 0.1) is 12.3 Å². The first-order valence-corrected chi connectivity index (χ1v) is 6.36. The van der Waals surface area contributed by atoms with Gasteiger partial charge in [0.15, 0.2) is 5.78 Å². The lowest BCUT2D eigenvalue weighted by atomic mass is 9.76. The van der Waals surface area contributed by atoms with Crippen LogP contribution in [0.5, 0.6) is 0 Å². The van der Waals surface area contributed by atoms with Gasteiger partial charge in [0, 0.05) is 29.4 Å². The maximum atomic E-state index is 12.6. The smallest absolute Gasteiger partial charge is 0.171 e. The molecule has 0 spiro atoms. The molecule has 1 unspecified atom stereocenters. The maximum absolute atomic E-state index is 12.6. The van der Waals surface area contributed by atoms with Gasteiger partial charge in [0.2, 0.25) is 0 Å². The van der Waals surface area contributed by atoms with Gasteiger partial charge in [-0.2, -0.15) is 0 Å². The number of Topliss-reactive ketones (excluding diaryl/α,β-unsaturated/α-hetero) is 1.